The molecule has 7 nitrogen and oxygen atoms in total. The van der Waals surface area contributed by atoms with Crippen LogP contribution >= 0.6 is 0 Å². The van der Waals surface area contributed by atoms with Gasteiger partial charge in [0, 0.05) is 12.1 Å². The molecule has 0 spiro atoms. The van der Waals surface area contributed by atoms with Crippen molar-refractivity contribution >= 4 is 12.3 Å². The van der Waals surface area contributed by atoms with Crippen molar-refractivity contribution in [3.8, 4) is 16.9 Å². The second kappa shape index (κ2) is 9.15. The number of methoxy groups -OCH3 is 1. The molecule has 0 amide bonds. The average Bonchev–Trinajstić information content (AvgIpc) is 3.11. The number of hydrogen-bond acceptors (Lipinski definition) is 6. The average molecular weight is 359 g/mol. The van der Waals surface area contributed by atoms with Crippen LogP contribution in [0, 0.1) is 13.8 Å². The maximum atomic E-state index is 9.65. The number of benzene rings is 1. The Morgan fingerprint density at radius 1 is 1.35 bits per heavy atom. The summed E-state index contributed by atoms with van der Waals surface area (Å²) in [6, 6.07) is 6.19. The summed E-state index contributed by atoms with van der Waals surface area (Å²) < 4.78 is 5.31. The first-order valence-electron chi connectivity index (χ1n) is 8.49. The molecule has 3 rings (SSSR count). The van der Waals surface area contributed by atoms with Gasteiger partial charge in [0.2, 0.25) is 0 Å². The third-order valence-electron chi connectivity index (χ3n) is 4.58. The number of nitrogens with zero attached hydrogens (tertiary/aromatic N) is 3. The molecule has 2 heterocycles. The van der Waals surface area contributed by atoms with E-state index in [4.69, 9.17) is 14.6 Å². The van der Waals surface area contributed by atoms with Gasteiger partial charge in [-0.3, -0.25) is 4.79 Å². The van der Waals surface area contributed by atoms with Crippen LogP contribution in [0.15, 0.2) is 24.5 Å². The molecule has 0 bridgehead atoms. The minimum absolute atomic E-state index is 0.140. The molecule has 0 saturated carbocycles. The number of aliphatic hydroxyl groups excluding tert-OH is 1. The van der Waals surface area contributed by atoms with Crippen LogP contribution in [0.4, 0.5) is 5.82 Å². The van der Waals surface area contributed by atoms with Crippen molar-refractivity contribution in [3.63, 3.8) is 0 Å². The molecular weight excluding hydrogens is 334 g/mol. The standard InChI is InChI=1S/C18H23N3O2.CH2O2/c1-12-9-15(23-3)6-7-16(12)17-13(2)19-11-20-18(17)21-8-4-5-14(21)10-22;2-1-3/h6-7,9,11,14,22H,4-5,8,10H2,1-3H3;1H,(H,2,3)/t14-;/m0./s1. The number of carboxylic acid groups (broad SMARTS) is 1. The molecule has 140 valence electrons. The maximum absolute atomic E-state index is 9.65. The summed E-state index contributed by atoms with van der Waals surface area (Å²) in [6.07, 6.45) is 3.69. The fourth-order valence-electron chi connectivity index (χ4n) is 3.34. The zero-order valence-corrected chi connectivity index (χ0v) is 15.3. The Labute approximate surface area is 153 Å². The predicted octanol–water partition coefficient (Wildman–Crippen LogP) is 2.43. The lowest BCUT2D eigenvalue weighted by atomic mass is 9.99. The molecule has 1 aromatic heterocycles. The first-order valence-corrected chi connectivity index (χ1v) is 8.49. The molecule has 1 aliphatic heterocycles. The molecule has 1 aliphatic rings. The van der Waals surface area contributed by atoms with E-state index in [0.29, 0.717) is 0 Å². The Balaban J connectivity index is 0.000000758. The second-order valence-electron chi connectivity index (χ2n) is 6.12. The Hall–Kier alpha value is -2.67. The molecule has 2 aromatic rings. The van der Waals surface area contributed by atoms with E-state index >= 15 is 0 Å². The largest absolute Gasteiger partial charge is 0.497 e. The van der Waals surface area contributed by atoms with Gasteiger partial charge >= 0.3 is 0 Å². The molecule has 26 heavy (non-hydrogen) atoms. The normalized spacial score (nSPS) is 16.0. The quantitative estimate of drug-likeness (QED) is 0.809. The lowest BCUT2D eigenvalue weighted by molar-refractivity contribution is -0.122. The summed E-state index contributed by atoms with van der Waals surface area (Å²) in [5.74, 6) is 1.76. The van der Waals surface area contributed by atoms with Crippen molar-refractivity contribution in [2.75, 3.05) is 25.2 Å². The monoisotopic (exact) mass is 359 g/mol. The van der Waals surface area contributed by atoms with Crippen LogP contribution in [0.2, 0.25) is 0 Å². The van der Waals surface area contributed by atoms with E-state index in [1.807, 2.05) is 19.1 Å². The smallest absolute Gasteiger partial charge is 0.290 e. The van der Waals surface area contributed by atoms with Gasteiger partial charge < -0.3 is 19.8 Å². The number of anilines is 1. The topological polar surface area (TPSA) is 95.8 Å². The summed E-state index contributed by atoms with van der Waals surface area (Å²) in [7, 11) is 1.67. The van der Waals surface area contributed by atoms with E-state index in [0.717, 1.165) is 53.3 Å². The van der Waals surface area contributed by atoms with E-state index < -0.39 is 0 Å². The van der Waals surface area contributed by atoms with Crippen LogP contribution in [-0.4, -0.2) is 53.0 Å². The Morgan fingerprint density at radius 2 is 2.08 bits per heavy atom. The molecule has 0 unspecified atom stereocenters. The van der Waals surface area contributed by atoms with Gasteiger partial charge in [-0.15, -0.1) is 0 Å². The van der Waals surface area contributed by atoms with Gasteiger partial charge in [-0.05, 0) is 49.9 Å². The number of ether oxygens (including phenoxy) is 1. The Bertz CT molecular complexity index is 752. The van der Waals surface area contributed by atoms with Crippen molar-refractivity contribution in [3.05, 3.63) is 35.8 Å². The third kappa shape index (κ3) is 4.11. The van der Waals surface area contributed by atoms with Crippen LogP contribution in [0.5, 0.6) is 5.75 Å². The highest BCUT2D eigenvalue weighted by Gasteiger charge is 2.28. The molecule has 2 N–H and O–H groups in total. The number of hydrogen-bond donors (Lipinski definition) is 2. The first kappa shape index (κ1) is 19.7. The second-order valence-corrected chi connectivity index (χ2v) is 6.12. The summed E-state index contributed by atoms with van der Waals surface area (Å²) in [5, 5.41) is 16.5. The molecule has 1 saturated heterocycles. The van der Waals surface area contributed by atoms with Gasteiger partial charge in [-0.25, -0.2) is 9.97 Å². The zero-order valence-electron chi connectivity index (χ0n) is 15.3. The van der Waals surface area contributed by atoms with Crippen LogP contribution in [0.1, 0.15) is 24.1 Å². The summed E-state index contributed by atoms with van der Waals surface area (Å²) >= 11 is 0. The SMILES string of the molecule is COc1ccc(-c2c(C)ncnc2N2CCC[C@H]2CO)c(C)c1.O=CO. The van der Waals surface area contributed by atoms with Gasteiger partial charge in [0.25, 0.3) is 6.47 Å². The van der Waals surface area contributed by atoms with E-state index in [2.05, 4.69) is 27.9 Å². The highest BCUT2D eigenvalue weighted by molar-refractivity contribution is 5.80. The van der Waals surface area contributed by atoms with E-state index in [1.54, 1.807) is 13.4 Å². The third-order valence-corrected chi connectivity index (χ3v) is 4.58. The molecule has 7 heteroatoms. The first-order chi connectivity index (χ1) is 12.6. The minimum atomic E-state index is -0.250. The number of aryl methyl sites for hydroxylation is 2. The van der Waals surface area contributed by atoms with Crippen molar-refractivity contribution in [2.45, 2.75) is 32.7 Å². The molecule has 0 aliphatic carbocycles. The van der Waals surface area contributed by atoms with Crippen LogP contribution in [-0.2, 0) is 4.79 Å². The van der Waals surface area contributed by atoms with Gasteiger partial charge in [-0.2, -0.15) is 0 Å². The van der Waals surface area contributed by atoms with E-state index in [1.165, 1.54) is 0 Å². The van der Waals surface area contributed by atoms with Crippen molar-refractivity contribution in [1.82, 2.24) is 9.97 Å². The molecule has 0 radical (unpaired) electrons. The summed E-state index contributed by atoms with van der Waals surface area (Å²) in [5.41, 5.74) is 4.24. The van der Waals surface area contributed by atoms with Crippen molar-refractivity contribution < 1.29 is 19.7 Å². The Kier molecular flexibility index (Phi) is 6.91. The number of aromatic nitrogens is 2. The number of rotatable bonds is 4. The number of carbonyl (C=O) groups is 1. The van der Waals surface area contributed by atoms with Gasteiger partial charge in [0.15, 0.2) is 0 Å². The number of aliphatic hydroxyl groups is 1. The highest BCUT2D eigenvalue weighted by Crippen LogP contribution is 2.37. The van der Waals surface area contributed by atoms with Crippen molar-refractivity contribution in [1.29, 1.82) is 0 Å². The van der Waals surface area contributed by atoms with Gasteiger partial charge in [0.1, 0.15) is 17.9 Å². The van der Waals surface area contributed by atoms with Crippen LogP contribution in [0.25, 0.3) is 11.1 Å². The summed E-state index contributed by atoms with van der Waals surface area (Å²) in [6.45, 7) is 4.91. The zero-order chi connectivity index (χ0) is 19.1. The maximum Gasteiger partial charge on any atom is 0.290 e. The molecule has 1 fully saturated rings. The lowest BCUT2D eigenvalue weighted by Crippen LogP contribution is -2.33. The predicted molar refractivity (Wildman–Crippen MR) is 99.6 cm³/mol. The highest BCUT2D eigenvalue weighted by atomic mass is 16.5. The molecule has 1 atom stereocenters. The minimum Gasteiger partial charge on any atom is -0.497 e. The van der Waals surface area contributed by atoms with Crippen molar-refractivity contribution in [2.24, 2.45) is 0 Å². The molecular formula is C19H25N3O4. The van der Waals surface area contributed by atoms with E-state index in [9.17, 15) is 5.11 Å². The Morgan fingerprint density at radius 3 is 2.69 bits per heavy atom. The van der Waals surface area contributed by atoms with E-state index in [-0.39, 0.29) is 19.1 Å². The van der Waals surface area contributed by atoms with Gasteiger partial charge in [-0.1, -0.05) is 6.07 Å². The fraction of sp³-hybridized carbons (Fsp3) is 0.421. The van der Waals surface area contributed by atoms with Crippen LogP contribution in [0.3, 0.4) is 0 Å². The lowest BCUT2D eigenvalue weighted by Gasteiger charge is -2.27. The molecule has 1 aromatic carbocycles. The van der Waals surface area contributed by atoms with Gasteiger partial charge in [0.05, 0.1) is 25.5 Å². The summed E-state index contributed by atoms with van der Waals surface area (Å²) in [4.78, 5) is 19.5. The van der Waals surface area contributed by atoms with Crippen LogP contribution < -0.4 is 9.64 Å². The fourth-order valence-corrected chi connectivity index (χ4v) is 3.34.